The normalized spacial score (nSPS) is 9.78. The number of rotatable bonds is 4. The van der Waals surface area contributed by atoms with E-state index in [4.69, 9.17) is 5.73 Å². The van der Waals surface area contributed by atoms with Crippen LogP contribution in [0.3, 0.4) is 0 Å². The summed E-state index contributed by atoms with van der Waals surface area (Å²) in [5, 5.41) is 3.21. The number of hydrogen-bond donors (Lipinski definition) is 2. The van der Waals surface area contributed by atoms with Gasteiger partial charge in [0.25, 0.3) is 0 Å². The van der Waals surface area contributed by atoms with Gasteiger partial charge >= 0.3 is 113 Å². The van der Waals surface area contributed by atoms with Gasteiger partial charge in [0.2, 0.25) is 0 Å². The first kappa shape index (κ1) is 12.6. The van der Waals surface area contributed by atoms with E-state index in [1.165, 1.54) is 0 Å². The van der Waals surface area contributed by atoms with E-state index in [-0.39, 0.29) is 0 Å². The van der Waals surface area contributed by atoms with E-state index in [0.717, 1.165) is 15.8 Å². The van der Waals surface area contributed by atoms with Crippen LogP contribution in [0.15, 0.2) is 54.6 Å². The molecule has 4 heteroatoms. The maximum atomic E-state index is 11.3. The number of carbonyl (C=O) groups excluding carboxylic acids is 1. The summed E-state index contributed by atoms with van der Waals surface area (Å²) in [7, 11) is 0. The molecule has 2 aromatic carbocycles. The standard InChI is InChI=1S/C14H12N2OSe/c15-13(17)11-8-4-5-9-12(11)14(18)16-10-6-2-1-3-7-10/h1-9H,(H2,15,17)(H,16,18). The summed E-state index contributed by atoms with van der Waals surface area (Å²) in [6, 6.07) is 16.9. The predicted molar refractivity (Wildman–Crippen MR) is 74.9 cm³/mol. The zero-order valence-electron chi connectivity index (χ0n) is 9.59. The Kier molecular flexibility index (Phi) is 3.92. The van der Waals surface area contributed by atoms with Crippen LogP contribution in [0.1, 0.15) is 15.9 Å². The van der Waals surface area contributed by atoms with Gasteiger partial charge in [0.15, 0.2) is 0 Å². The number of amides is 1. The zero-order valence-corrected chi connectivity index (χ0v) is 11.3. The molecular weight excluding hydrogens is 291 g/mol. The van der Waals surface area contributed by atoms with Crippen molar-refractivity contribution in [2.24, 2.45) is 5.73 Å². The molecule has 0 aromatic heterocycles. The van der Waals surface area contributed by atoms with E-state index in [1.807, 2.05) is 42.5 Å². The molecule has 0 saturated heterocycles. The minimum absolute atomic E-state index is 0.437. The molecule has 0 aliphatic heterocycles. The molecule has 0 atom stereocenters. The zero-order chi connectivity index (χ0) is 13.0. The molecule has 0 aliphatic rings. The molecule has 0 aliphatic carbocycles. The van der Waals surface area contributed by atoms with Gasteiger partial charge in [0.1, 0.15) is 0 Å². The van der Waals surface area contributed by atoms with Crippen LogP contribution >= 0.6 is 0 Å². The molecule has 18 heavy (non-hydrogen) atoms. The molecule has 0 unspecified atom stereocenters. The van der Waals surface area contributed by atoms with Crippen LogP contribution in [0.4, 0.5) is 5.69 Å². The fraction of sp³-hybridized carbons (Fsp3) is 0. The van der Waals surface area contributed by atoms with Crippen LogP contribution < -0.4 is 11.1 Å². The Balaban J connectivity index is 2.27. The monoisotopic (exact) mass is 304 g/mol. The second-order valence-electron chi connectivity index (χ2n) is 3.73. The van der Waals surface area contributed by atoms with E-state index in [1.54, 1.807) is 12.1 Å². The molecule has 0 radical (unpaired) electrons. The summed E-state index contributed by atoms with van der Waals surface area (Å²) in [6.07, 6.45) is 0. The fourth-order valence-electron chi connectivity index (χ4n) is 1.62. The first-order valence-electron chi connectivity index (χ1n) is 5.43. The third-order valence-corrected chi connectivity index (χ3v) is 3.14. The quantitative estimate of drug-likeness (QED) is 0.842. The molecule has 0 bridgehead atoms. The van der Waals surface area contributed by atoms with Crippen molar-refractivity contribution in [2.75, 3.05) is 5.32 Å². The van der Waals surface area contributed by atoms with E-state index < -0.39 is 5.91 Å². The topological polar surface area (TPSA) is 55.1 Å². The Hall–Kier alpha value is -1.90. The number of nitrogens with one attached hydrogen (secondary N) is 1. The molecule has 3 N–H and O–H groups in total. The second kappa shape index (κ2) is 5.63. The van der Waals surface area contributed by atoms with E-state index in [0.29, 0.717) is 5.56 Å². The van der Waals surface area contributed by atoms with Crippen LogP contribution in [0, 0.1) is 0 Å². The summed E-state index contributed by atoms with van der Waals surface area (Å²) in [4.78, 5) is 11.3. The number of benzene rings is 2. The van der Waals surface area contributed by atoms with Crippen molar-refractivity contribution in [2.45, 2.75) is 0 Å². The van der Waals surface area contributed by atoms with Crippen molar-refractivity contribution >= 4 is 31.7 Å². The Morgan fingerprint density at radius 1 is 0.944 bits per heavy atom. The third kappa shape index (κ3) is 2.86. The molecule has 2 aromatic rings. The van der Waals surface area contributed by atoms with E-state index in [9.17, 15) is 4.79 Å². The molecule has 0 saturated carbocycles. The van der Waals surface area contributed by atoms with Gasteiger partial charge in [0, 0.05) is 0 Å². The van der Waals surface area contributed by atoms with Crippen molar-refractivity contribution in [3.63, 3.8) is 0 Å². The summed E-state index contributed by atoms with van der Waals surface area (Å²) < 4.78 is 0.774. The summed E-state index contributed by atoms with van der Waals surface area (Å²) in [5.41, 5.74) is 7.57. The van der Waals surface area contributed by atoms with Gasteiger partial charge in [0.05, 0.1) is 0 Å². The Morgan fingerprint density at radius 3 is 2.11 bits per heavy atom. The number of nitrogens with two attached hydrogens (primary N) is 1. The van der Waals surface area contributed by atoms with Crippen LogP contribution in [0.25, 0.3) is 0 Å². The van der Waals surface area contributed by atoms with Gasteiger partial charge in [-0.25, -0.2) is 0 Å². The second-order valence-corrected chi connectivity index (χ2v) is 4.59. The van der Waals surface area contributed by atoms with Crippen molar-refractivity contribution in [3.05, 3.63) is 65.7 Å². The van der Waals surface area contributed by atoms with Gasteiger partial charge in [-0.15, -0.1) is 0 Å². The van der Waals surface area contributed by atoms with E-state index in [2.05, 4.69) is 20.9 Å². The molecular formula is C14H12N2OSe. The van der Waals surface area contributed by atoms with Gasteiger partial charge < -0.3 is 0 Å². The Bertz CT molecular complexity index is 581. The average Bonchev–Trinajstić information content (AvgIpc) is 2.40. The molecule has 0 heterocycles. The van der Waals surface area contributed by atoms with E-state index >= 15 is 0 Å². The molecule has 0 spiro atoms. The summed E-state index contributed by atoms with van der Waals surface area (Å²) in [6.45, 7) is 0. The van der Waals surface area contributed by atoms with Crippen LogP contribution in [0.5, 0.6) is 0 Å². The molecule has 0 fully saturated rings. The minimum atomic E-state index is -0.437. The Labute approximate surface area is 113 Å². The van der Waals surface area contributed by atoms with Crippen molar-refractivity contribution in [3.8, 4) is 0 Å². The average molecular weight is 303 g/mol. The third-order valence-electron chi connectivity index (χ3n) is 2.47. The summed E-state index contributed by atoms with van der Waals surface area (Å²) >= 11 is 2.93. The predicted octanol–water partition coefficient (Wildman–Crippen LogP) is 1.54. The van der Waals surface area contributed by atoms with Crippen molar-refractivity contribution in [1.82, 2.24) is 0 Å². The van der Waals surface area contributed by atoms with Crippen molar-refractivity contribution in [1.29, 1.82) is 0 Å². The molecule has 2 rings (SSSR count). The first-order valence-corrected chi connectivity index (χ1v) is 6.29. The molecule has 3 nitrogen and oxygen atoms in total. The molecule has 90 valence electrons. The van der Waals surface area contributed by atoms with Crippen LogP contribution in [-0.4, -0.2) is 26.0 Å². The number of hydrogen-bond acceptors (Lipinski definition) is 2. The summed E-state index contributed by atoms with van der Waals surface area (Å²) in [5.74, 6) is -0.437. The Morgan fingerprint density at radius 2 is 1.50 bits per heavy atom. The number of anilines is 1. The van der Waals surface area contributed by atoms with Gasteiger partial charge in [-0.2, -0.15) is 0 Å². The van der Waals surface area contributed by atoms with Crippen LogP contribution in [-0.2, 0) is 0 Å². The molecule has 1 amide bonds. The first-order chi connectivity index (χ1) is 8.68. The number of carbonyl (C=O) groups is 1. The number of para-hydroxylation sites is 1. The number of primary amides is 1. The maximum absolute atomic E-state index is 11.3. The van der Waals surface area contributed by atoms with Crippen molar-refractivity contribution < 1.29 is 4.79 Å². The van der Waals surface area contributed by atoms with Gasteiger partial charge in [-0.1, -0.05) is 0 Å². The van der Waals surface area contributed by atoms with Gasteiger partial charge in [-0.3, -0.25) is 0 Å². The van der Waals surface area contributed by atoms with Gasteiger partial charge in [-0.05, 0) is 0 Å². The SMILES string of the molecule is NC(=O)c1ccccc1C(=[Se])Nc1ccccc1. The van der Waals surface area contributed by atoms with Crippen LogP contribution in [0.2, 0.25) is 0 Å². The fourth-order valence-corrected chi connectivity index (χ4v) is 2.24.